The van der Waals surface area contributed by atoms with Gasteiger partial charge in [0.05, 0.1) is 28.8 Å². The summed E-state index contributed by atoms with van der Waals surface area (Å²) in [5.74, 6) is 0.170. The van der Waals surface area contributed by atoms with Crippen LogP contribution in [0.25, 0.3) is 0 Å². The van der Waals surface area contributed by atoms with Crippen LogP contribution in [0.5, 0.6) is 0 Å². The first-order valence-corrected chi connectivity index (χ1v) is 6.44. The molecule has 1 heterocycles. The Morgan fingerprint density at radius 2 is 2.06 bits per heavy atom. The highest BCUT2D eigenvalue weighted by Gasteiger charge is 2.16. The lowest BCUT2D eigenvalue weighted by Crippen LogP contribution is -2.39. The van der Waals surface area contributed by atoms with Gasteiger partial charge in [0.2, 0.25) is 0 Å². The number of nitrogens with zero attached hydrogens (tertiary/aromatic N) is 2. The van der Waals surface area contributed by atoms with E-state index >= 15 is 0 Å². The Kier molecular flexibility index (Phi) is 4.49. The number of Topliss-reactive ketones (excluding diaryl/α,β-unsaturated/α-hetero) is 1. The summed E-state index contributed by atoms with van der Waals surface area (Å²) in [6.45, 7) is 8.45. The van der Waals surface area contributed by atoms with Gasteiger partial charge in [-0.1, -0.05) is 0 Å². The molecule has 1 aromatic rings. The van der Waals surface area contributed by atoms with E-state index in [1.54, 1.807) is 4.68 Å². The molecule has 0 radical (unpaired) electrons. The summed E-state index contributed by atoms with van der Waals surface area (Å²) in [6.07, 6.45) is 0.404. The van der Waals surface area contributed by atoms with E-state index in [9.17, 15) is 4.79 Å². The van der Waals surface area contributed by atoms with Gasteiger partial charge in [-0.25, -0.2) is 0 Å². The lowest BCUT2D eigenvalue weighted by molar-refractivity contribution is -0.118. The molecule has 0 aliphatic rings. The van der Waals surface area contributed by atoms with Crippen LogP contribution in [-0.4, -0.2) is 27.6 Å². The Bertz CT molecular complexity index is 418. The Labute approximate surface area is 111 Å². The van der Waals surface area contributed by atoms with Crippen LogP contribution in [0.1, 0.15) is 32.2 Å². The molecule has 1 rings (SSSR count). The van der Waals surface area contributed by atoms with E-state index in [2.05, 4.69) is 26.3 Å². The molecule has 0 aromatic carbocycles. The average molecular weight is 302 g/mol. The first-order valence-electron chi connectivity index (χ1n) is 5.65. The van der Waals surface area contributed by atoms with E-state index in [1.807, 2.05) is 34.7 Å². The summed E-state index contributed by atoms with van der Waals surface area (Å²) in [6, 6.07) is 0. The summed E-state index contributed by atoms with van der Waals surface area (Å²) >= 11 is 3.46. The molecule has 0 saturated heterocycles. The van der Waals surface area contributed by atoms with Crippen molar-refractivity contribution < 1.29 is 4.79 Å². The molecule has 0 spiro atoms. The van der Waals surface area contributed by atoms with Crippen molar-refractivity contribution in [2.75, 3.05) is 6.54 Å². The Balaban J connectivity index is 2.63. The monoisotopic (exact) mass is 301 g/mol. The molecule has 5 heteroatoms. The fourth-order valence-corrected chi connectivity index (χ4v) is 1.96. The second-order valence-corrected chi connectivity index (χ2v) is 6.08. The molecule has 1 N–H and O–H groups in total. The molecule has 17 heavy (non-hydrogen) atoms. The van der Waals surface area contributed by atoms with Crippen LogP contribution in [0, 0.1) is 6.92 Å². The van der Waals surface area contributed by atoms with E-state index in [4.69, 9.17) is 0 Å². The molecular weight excluding hydrogens is 282 g/mol. The van der Waals surface area contributed by atoms with Gasteiger partial charge >= 0.3 is 0 Å². The minimum absolute atomic E-state index is 0.0325. The van der Waals surface area contributed by atoms with Crippen molar-refractivity contribution in [1.29, 1.82) is 0 Å². The number of carbonyl (C=O) groups excluding carboxylic acids is 1. The number of aryl methyl sites for hydroxylation is 2. The number of rotatable bonds is 4. The quantitative estimate of drug-likeness (QED) is 0.925. The van der Waals surface area contributed by atoms with Gasteiger partial charge in [-0.05, 0) is 43.6 Å². The zero-order chi connectivity index (χ0) is 13.2. The third kappa shape index (κ3) is 4.24. The highest BCUT2D eigenvalue weighted by atomic mass is 79.9. The second-order valence-electron chi connectivity index (χ2n) is 5.29. The highest BCUT2D eigenvalue weighted by molar-refractivity contribution is 9.10. The first-order chi connectivity index (χ1) is 7.70. The van der Waals surface area contributed by atoms with Crippen molar-refractivity contribution in [2.45, 2.75) is 39.7 Å². The van der Waals surface area contributed by atoms with Crippen LogP contribution in [0.2, 0.25) is 0 Å². The minimum Gasteiger partial charge on any atom is -0.305 e. The average Bonchev–Trinajstić information content (AvgIpc) is 2.41. The zero-order valence-corrected chi connectivity index (χ0v) is 12.7. The third-order valence-corrected chi connectivity index (χ3v) is 3.47. The Morgan fingerprint density at radius 3 is 2.47 bits per heavy atom. The lowest BCUT2D eigenvalue weighted by Gasteiger charge is -2.19. The van der Waals surface area contributed by atoms with Gasteiger partial charge in [-0.2, -0.15) is 5.10 Å². The number of halogens is 1. The molecule has 0 saturated carbocycles. The summed E-state index contributed by atoms with van der Waals surface area (Å²) in [5.41, 5.74) is 1.82. The second kappa shape index (κ2) is 5.31. The standard InChI is InChI=1S/C12H20BrN3O/c1-8-11(13)10(16(5)15-8)6-9(17)7-14-12(2,3)4/h14H,6-7H2,1-5H3. The van der Waals surface area contributed by atoms with Crippen molar-refractivity contribution >= 4 is 21.7 Å². The van der Waals surface area contributed by atoms with Gasteiger partial charge in [0.25, 0.3) is 0 Å². The van der Waals surface area contributed by atoms with E-state index < -0.39 is 0 Å². The van der Waals surface area contributed by atoms with Crippen LogP contribution < -0.4 is 5.32 Å². The molecule has 0 aliphatic heterocycles. The first kappa shape index (κ1) is 14.4. The van der Waals surface area contributed by atoms with Gasteiger partial charge in [0.15, 0.2) is 5.78 Å². The number of nitrogens with one attached hydrogen (secondary N) is 1. The fraction of sp³-hybridized carbons (Fsp3) is 0.667. The predicted molar refractivity (Wildman–Crippen MR) is 72.1 cm³/mol. The van der Waals surface area contributed by atoms with E-state index in [0.29, 0.717) is 13.0 Å². The largest absolute Gasteiger partial charge is 0.305 e. The number of hydrogen-bond donors (Lipinski definition) is 1. The molecule has 96 valence electrons. The summed E-state index contributed by atoms with van der Waals surface area (Å²) in [4.78, 5) is 11.8. The number of carbonyl (C=O) groups is 1. The van der Waals surface area contributed by atoms with Crippen LogP contribution in [0.15, 0.2) is 4.47 Å². The molecular formula is C12H20BrN3O. The van der Waals surface area contributed by atoms with Gasteiger partial charge in [-0.15, -0.1) is 0 Å². The molecule has 0 bridgehead atoms. The molecule has 0 aliphatic carbocycles. The van der Waals surface area contributed by atoms with Crippen molar-refractivity contribution in [3.05, 3.63) is 15.9 Å². The smallest absolute Gasteiger partial charge is 0.152 e. The predicted octanol–water partition coefficient (Wildman–Crippen LogP) is 1.99. The molecule has 0 atom stereocenters. The van der Waals surface area contributed by atoms with Crippen molar-refractivity contribution in [2.24, 2.45) is 7.05 Å². The van der Waals surface area contributed by atoms with Crippen LogP contribution in [0.4, 0.5) is 0 Å². The van der Waals surface area contributed by atoms with Crippen LogP contribution in [-0.2, 0) is 18.3 Å². The maximum absolute atomic E-state index is 11.8. The van der Waals surface area contributed by atoms with Gasteiger partial charge in [0.1, 0.15) is 0 Å². The summed E-state index contributed by atoms with van der Waals surface area (Å²) in [5, 5.41) is 7.46. The SMILES string of the molecule is Cc1nn(C)c(CC(=O)CNC(C)(C)C)c1Br. The molecule has 0 unspecified atom stereocenters. The maximum Gasteiger partial charge on any atom is 0.152 e. The molecule has 4 nitrogen and oxygen atoms in total. The van der Waals surface area contributed by atoms with Gasteiger partial charge in [-0.3, -0.25) is 9.48 Å². The van der Waals surface area contributed by atoms with Crippen LogP contribution >= 0.6 is 15.9 Å². The summed E-state index contributed by atoms with van der Waals surface area (Å²) < 4.78 is 2.69. The van der Waals surface area contributed by atoms with Gasteiger partial charge < -0.3 is 5.32 Å². The fourth-order valence-electron chi connectivity index (χ4n) is 1.49. The number of ketones is 1. The van der Waals surface area contributed by atoms with Crippen LogP contribution in [0.3, 0.4) is 0 Å². The minimum atomic E-state index is -0.0325. The van der Waals surface area contributed by atoms with E-state index in [-0.39, 0.29) is 11.3 Å². The topological polar surface area (TPSA) is 46.9 Å². The van der Waals surface area contributed by atoms with Crippen molar-refractivity contribution in [3.8, 4) is 0 Å². The normalized spacial score (nSPS) is 11.9. The van der Waals surface area contributed by atoms with E-state index in [0.717, 1.165) is 15.9 Å². The molecule has 0 fully saturated rings. The Morgan fingerprint density at radius 1 is 1.47 bits per heavy atom. The lowest BCUT2D eigenvalue weighted by atomic mass is 10.1. The Hall–Kier alpha value is -0.680. The van der Waals surface area contributed by atoms with Crippen molar-refractivity contribution in [3.63, 3.8) is 0 Å². The zero-order valence-electron chi connectivity index (χ0n) is 11.1. The number of aromatic nitrogens is 2. The van der Waals surface area contributed by atoms with Crippen molar-refractivity contribution in [1.82, 2.24) is 15.1 Å². The molecule has 1 aromatic heterocycles. The molecule has 0 amide bonds. The third-order valence-electron chi connectivity index (χ3n) is 2.44. The highest BCUT2D eigenvalue weighted by Crippen LogP contribution is 2.20. The van der Waals surface area contributed by atoms with Gasteiger partial charge in [0, 0.05) is 12.6 Å². The number of hydrogen-bond acceptors (Lipinski definition) is 3. The summed E-state index contributed by atoms with van der Waals surface area (Å²) in [7, 11) is 1.86. The van der Waals surface area contributed by atoms with E-state index in [1.165, 1.54) is 0 Å². The maximum atomic E-state index is 11.8.